The molecule has 0 radical (unpaired) electrons. The van der Waals surface area contributed by atoms with Gasteiger partial charge in [0.05, 0.1) is 12.5 Å². The van der Waals surface area contributed by atoms with Crippen molar-refractivity contribution in [3.8, 4) is 6.07 Å². The first kappa shape index (κ1) is 8.28. The van der Waals surface area contributed by atoms with E-state index in [9.17, 15) is 4.79 Å². The molecule has 1 aromatic rings. The van der Waals surface area contributed by atoms with E-state index in [4.69, 9.17) is 11.0 Å². The normalized spacial score (nSPS) is 8.92. The fourth-order valence-electron chi connectivity index (χ4n) is 0.878. The van der Waals surface area contributed by atoms with E-state index in [1.54, 1.807) is 24.3 Å². The van der Waals surface area contributed by atoms with E-state index < -0.39 is 5.91 Å². The van der Waals surface area contributed by atoms with Gasteiger partial charge in [-0.05, 0) is 17.7 Å². The zero-order chi connectivity index (χ0) is 8.97. The summed E-state index contributed by atoms with van der Waals surface area (Å²) in [5, 5.41) is 8.36. The first-order valence-electron chi connectivity index (χ1n) is 3.49. The maximum Gasteiger partial charge on any atom is 0.248 e. The fourth-order valence-corrected chi connectivity index (χ4v) is 0.878. The molecule has 0 unspecified atom stereocenters. The minimum atomic E-state index is -0.446. The van der Waals surface area contributed by atoms with Gasteiger partial charge in [0.2, 0.25) is 5.91 Å². The number of hydrogen-bond donors (Lipinski definition) is 1. The van der Waals surface area contributed by atoms with E-state index in [2.05, 4.69) is 0 Å². The van der Waals surface area contributed by atoms with Crippen LogP contribution in [-0.4, -0.2) is 5.91 Å². The van der Waals surface area contributed by atoms with Crippen LogP contribution in [0, 0.1) is 11.3 Å². The lowest BCUT2D eigenvalue weighted by molar-refractivity contribution is 0.100. The topological polar surface area (TPSA) is 66.9 Å². The molecular formula is C9H8N2O. The van der Waals surface area contributed by atoms with Crippen LogP contribution in [0.2, 0.25) is 0 Å². The standard InChI is InChI=1S/C9H8N2O/c10-6-5-7-1-3-8(4-2-7)9(11)12/h1-4H,5H2,(H2,11,12). The second kappa shape index (κ2) is 3.54. The molecule has 0 saturated carbocycles. The molecule has 0 heterocycles. The monoisotopic (exact) mass is 160 g/mol. The smallest absolute Gasteiger partial charge is 0.248 e. The Morgan fingerprint density at radius 1 is 1.42 bits per heavy atom. The maximum atomic E-state index is 10.6. The lowest BCUT2D eigenvalue weighted by atomic mass is 10.1. The van der Waals surface area contributed by atoms with Gasteiger partial charge in [0.1, 0.15) is 0 Å². The Labute approximate surface area is 70.4 Å². The molecule has 1 rings (SSSR count). The van der Waals surface area contributed by atoms with Crippen molar-refractivity contribution in [1.29, 1.82) is 5.26 Å². The number of amides is 1. The highest BCUT2D eigenvalue weighted by Crippen LogP contribution is 2.03. The third-order valence-electron chi connectivity index (χ3n) is 1.52. The Bertz CT molecular complexity index is 321. The first-order valence-corrected chi connectivity index (χ1v) is 3.49. The van der Waals surface area contributed by atoms with E-state index in [0.29, 0.717) is 12.0 Å². The number of hydrogen-bond acceptors (Lipinski definition) is 2. The predicted molar refractivity (Wildman–Crippen MR) is 44.3 cm³/mol. The van der Waals surface area contributed by atoms with Crippen LogP contribution in [0.15, 0.2) is 24.3 Å². The molecule has 0 aliphatic rings. The molecule has 3 nitrogen and oxygen atoms in total. The van der Waals surface area contributed by atoms with Crippen LogP contribution in [0.3, 0.4) is 0 Å². The zero-order valence-corrected chi connectivity index (χ0v) is 6.45. The second-order valence-electron chi connectivity index (χ2n) is 2.40. The number of nitrogens with two attached hydrogens (primary N) is 1. The molecule has 1 aromatic carbocycles. The average Bonchev–Trinajstić information content (AvgIpc) is 2.06. The van der Waals surface area contributed by atoms with E-state index in [0.717, 1.165) is 5.56 Å². The maximum absolute atomic E-state index is 10.6. The Morgan fingerprint density at radius 2 is 2.00 bits per heavy atom. The van der Waals surface area contributed by atoms with Crippen molar-refractivity contribution in [3.05, 3.63) is 35.4 Å². The Kier molecular flexibility index (Phi) is 2.44. The Balaban J connectivity index is 2.87. The van der Waals surface area contributed by atoms with Gasteiger partial charge in [-0.1, -0.05) is 12.1 Å². The number of primary amides is 1. The molecule has 0 aliphatic heterocycles. The van der Waals surface area contributed by atoms with Crippen LogP contribution < -0.4 is 5.73 Å². The van der Waals surface area contributed by atoms with Crippen LogP contribution >= 0.6 is 0 Å². The summed E-state index contributed by atoms with van der Waals surface area (Å²) in [6.45, 7) is 0. The summed E-state index contributed by atoms with van der Waals surface area (Å²) in [6.07, 6.45) is 0.360. The first-order chi connectivity index (χ1) is 5.74. The molecule has 0 atom stereocenters. The van der Waals surface area contributed by atoms with E-state index >= 15 is 0 Å². The lowest BCUT2D eigenvalue weighted by Gasteiger charge is -1.95. The summed E-state index contributed by atoms with van der Waals surface area (Å²) < 4.78 is 0. The van der Waals surface area contributed by atoms with Crippen LogP contribution in [0.5, 0.6) is 0 Å². The predicted octanol–water partition coefficient (Wildman–Crippen LogP) is 0.852. The summed E-state index contributed by atoms with van der Waals surface area (Å²) in [5.41, 5.74) is 6.39. The summed E-state index contributed by atoms with van der Waals surface area (Å²) in [6, 6.07) is 8.71. The number of benzene rings is 1. The lowest BCUT2D eigenvalue weighted by Crippen LogP contribution is -2.10. The minimum absolute atomic E-state index is 0.360. The number of carbonyl (C=O) groups is 1. The summed E-state index contributed by atoms with van der Waals surface area (Å²) >= 11 is 0. The fraction of sp³-hybridized carbons (Fsp3) is 0.111. The van der Waals surface area contributed by atoms with Crippen molar-refractivity contribution in [2.24, 2.45) is 5.73 Å². The Morgan fingerprint density at radius 3 is 2.42 bits per heavy atom. The van der Waals surface area contributed by atoms with Gasteiger partial charge in [0, 0.05) is 5.56 Å². The molecule has 0 spiro atoms. The van der Waals surface area contributed by atoms with Gasteiger partial charge in [-0.3, -0.25) is 4.79 Å². The minimum Gasteiger partial charge on any atom is -0.366 e. The quantitative estimate of drug-likeness (QED) is 0.696. The number of nitriles is 1. The highest BCUT2D eigenvalue weighted by molar-refractivity contribution is 5.92. The molecule has 3 heteroatoms. The van der Waals surface area contributed by atoms with E-state index in [1.165, 1.54) is 0 Å². The third-order valence-corrected chi connectivity index (χ3v) is 1.52. The van der Waals surface area contributed by atoms with Crippen molar-refractivity contribution < 1.29 is 4.79 Å². The second-order valence-corrected chi connectivity index (χ2v) is 2.40. The molecular weight excluding hydrogens is 152 g/mol. The van der Waals surface area contributed by atoms with Gasteiger partial charge >= 0.3 is 0 Å². The third kappa shape index (κ3) is 1.83. The van der Waals surface area contributed by atoms with Crippen LogP contribution in [0.25, 0.3) is 0 Å². The average molecular weight is 160 g/mol. The summed E-state index contributed by atoms with van der Waals surface area (Å²) in [5.74, 6) is -0.446. The molecule has 2 N–H and O–H groups in total. The Hall–Kier alpha value is -1.82. The summed E-state index contributed by atoms with van der Waals surface area (Å²) in [4.78, 5) is 10.6. The van der Waals surface area contributed by atoms with Crippen molar-refractivity contribution in [1.82, 2.24) is 0 Å². The molecule has 12 heavy (non-hydrogen) atoms. The highest BCUT2D eigenvalue weighted by atomic mass is 16.1. The van der Waals surface area contributed by atoms with Gasteiger partial charge in [-0.2, -0.15) is 5.26 Å². The number of nitrogens with zero attached hydrogens (tertiary/aromatic N) is 1. The van der Waals surface area contributed by atoms with Crippen LogP contribution in [0.1, 0.15) is 15.9 Å². The van der Waals surface area contributed by atoms with Gasteiger partial charge < -0.3 is 5.73 Å². The van der Waals surface area contributed by atoms with Crippen molar-refractivity contribution >= 4 is 5.91 Å². The van der Waals surface area contributed by atoms with Gasteiger partial charge in [0.15, 0.2) is 0 Å². The SMILES string of the molecule is N#CCc1ccc(C(N)=O)cc1. The molecule has 0 bridgehead atoms. The largest absolute Gasteiger partial charge is 0.366 e. The summed E-state index contributed by atoms with van der Waals surface area (Å²) in [7, 11) is 0. The number of carbonyl (C=O) groups excluding carboxylic acids is 1. The van der Waals surface area contributed by atoms with Crippen molar-refractivity contribution in [3.63, 3.8) is 0 Å². The van der Waals surface area contributed by atoms with Gasteiger partial charge in [0.25, 0.3) is 0 Å². The molecule has 0 aromatic heterocycles. The molecule has 0 saturated heterocycles. The highest BCUT2D eigenvalue weighted by Gasteiger charge is 1.98. The molecule has 0 aliphatic carbocycles. The van der Waals surface area contributed by atoms with Crippen LogP contribution in [-0.2, 0) is 6.42 Å². The van der Waals surface area contributed by atoms with Crippen LogP contribution in [0.4, 0.5) is 0 Å². The molecule has 1 amide bonds. The van der Waals surface area contributed by atoms with Crippen molar-refractivity contribution in [2.75, 3.05) is 0 Å². The number of rotatable bonds is 2. The van der Waals surface area contributed by atoms with E-state index in [1.807, 2.05) is 6.07 Å². The van der Waals surface area contributed by atoms with Gasteiger partial charge in [-0.25, -0.2) is 0 Å². The van der Waals surface area contributed by atoms with E-state index in [-0.39, 0.29) is 0 Å². The molecule has 60 valence electrons. The van der Waals surface area contributed by atoms with Gasteiger partial charge in [-0.15, -0.1) is 0 Å². The molecule has 0 fully saturated rings. The van der Waals surface area contributed by atoms with Crippen molar-refractivity contribution in [2.45, 2.75) is 6.42 Å². The zero-order valence-electron chi connectivity index (χ0n) is 6.45.